The first-order valence-electron chi connectivity index (χ1n) is 10.7. The fourth-order valence-electron chi connectivity index (χ4n) is 4.70. The average Bonchev–Trinajstić information content (AvgIpc) is 3.50. The molecule has 2 amide bonds. The molecule has 2 aliphatic heterocycles. The third-order valence-electron chi connectivity index (χ3n) is 6.24. The molecule has 2 saturated heterocycles. The van der Waals surface area contributed by atoms with Crippen molar-refractivity contribution in [3.05, 3.63) is 29.8 Å². The van der Waals surface area contributed by atoms with Gasteiger partial charge in [0.25, 0.3) is 6.47 Å². The predicted octanol–water partition coefficient (Wildman–Crippen LogP) is 1.87. The van der Waals surface area contributed by atoms with Crippen LogP contribution >= 0.6 is 0 Å². The molecular weight excluding hydrogens is 386 g/mol. The molecule has 3 fully saturated rings. The van der Waals surface area contributed by atoms with E-state index in [-0.39, 0.29) is 12.0 Å². The van der Waals surface area contributed by atoms with Crippen LogP contribution in [0.25, 0.3) is 0 Å². The number of primary amides is 1. The van der Waals surface area contributed by atoms with Gasteiger partial charge >= 0.3 is 0 Å². The van der Waals surface area contributed by atoms with Gasteiger partial charge in [-0.25, -0.2) is 0 Å². The lowest BCUT2D eigenvalue weighted by atomic mass is 9.85. The average molecular weight is 418 g/mol. The molecule has 1 aliphatic carbocycles. The van der Waals surface area contributed by atoms with Crippen molar-refractivity contribution in [3.63, 3.8) is 0 Å². The Bertz CT molecular complexity index is 750. The highest BCUT2D eigenvalue weighted by Crippen LogP contribution is 2.41. The number of carbonyl (C=O) groups is 3. The van der Waals surface area contributed by atoms with Crippen LogP contribution in [0.3, 0.4) is 0 Å². The van der Waals surface area contributed by atoms with Crippen LogP contribution in [-0.2, 0) is 9.59 Å². The summed E-state index contributed by atoms with van der Waals surface area (Å²) < 4.78 is 5.80. The van der Waals surface area contributed by atoms with Gasteiger partial charge in [0.1, 0.15) is 11.3 Å². The molecule has 0 radical (unpaired) electrons. The second-order valence-corrected chi connectivity index (χ2v) is 8.15. The molecule has 1 aromatic carbocycles. The van der Waals surface area contributed by atoms with Crippen molar-refractivity contribution in [2.24, 2.45) is 5.73 Å². The quantitative estimate of drug-likeness (QED) is 0.517. The van der Waals surface area contributed by atoms with Crippen molar-refractivity contribution < 1.29 is 24.2 Å². The molecule has 3 aliphatic rings. The van der Waals surface area contributed by atoms with Crippen LogP contribution in [0.15, 0.2) is 24.3 Å². The molecule has 4 rings (SSSR count). The van der Waals surface area contributed by atoms with Gasteiger partial charge < -0.3 is 20.5 Å². The Morgan fingerprint density at radius 2 is 1.83 bits per heavy atom. The second-order valence-electron chi connectivity index (χ2n) is 8.15. The van der Waals surface area contributed by atoms with E-state index in [9.17, 15) is 9.59 Å². The Morgan fingerprint density at radius 3 is 2.43 bits per heavy atom. The normalized spacial score (nSPS) is 23.7. The number of piperidine rings is 1. The molecule has 8 heteroatoms. The molecule has 1 spiro atoms. The van der Waals surface area contributed by atoms with Crippen molar-refractivity contribution in [3.8, 4) is 5.75 Å². The minimum atomic E-state index is -0.432. The number of hydrogen-bond donors (Lipinski definition) is 2. The molecule has 3 N–H and O–H groups in total. The van der Waals surface area contributed by atoms with Gasteiger partial charge in [-0.2, -0.15) is 0 Å². The zero-order valence-electron chi connectivity index (χ0n) is 17.3. The van der Waals surface area contributed by atoms with Crippen LogP contribution in [0.5, 0.6) is 5.75 Å². The standard InChI is InChI=1S/C21H29N3O3.CH2O2/c22-19(25)16-4-8-18(9-5-16)27-15-3-13-23-12-1-10-21(23)11-2-14-24(20(21)26)17-6-7-17;2-1-3/h4-5,8-9,17H,1-3,6-7,10-15H2,(H2,22,25);1H,(H,2,3). The summed E-state index contributed by atoms with van der Waals surface area (Å²) in [6.45, 7) is 3.20. The number of likely N-dealkylation sites (tertiary alicyclic amines) is 2. The first kappa shape index (κ1) is 22.1. The topological polar surface area (TPSA) is 113 Å². The van der Waals surface area contributed by atoms with E-state index in [4.69, 9.17) is 20.4 Å². The largest absolute Gasteiger partial charge is 0.494 e. The highest BCUT2D eigenvalue weighted by molar-refractivity contribution is 5.92. The van der Waals surface area contributed by atoms with Crippen molar-refractivity contribution in [2.45, 2.75) is 56.5 Å². The SMILES string of the molecule is NC(=O)c1ccc(OCCCN2CCCC23CCCN(C2CC2)C3=O)cc1.O=CO. The number of carbonyl (C=O) groups excluding carboxylic acids is 2. The van der Waals surface area contributed by atoms with Gasteiger partial charge in [-0.3, -0.25) is 19.3 Å². The summed E-state index contributed by atoms with van der Waals surface area (Å²) in [5, 5.41) is 6.89. The van der Waals surface area contributed by atoms with Crippen LogP contribution in [-0.4, -0.2) is 71.0 Å². The molecule has 0 aromatic heterocycles. The Hall–Kier alpha value is -2.61. The van der Waals surface area contributed by atoms with Gasteiger partial charge in [0.15, 0.2) is 0 Å². The van der Waals surface area contributed by atoms with Crippen molar-refractivity contribution in [1.29, 1.82) is 0 Å². The fourth-order valence-corrected chi connectivity index (χ4v) is 4.70. The highest BCUT2D eigenvalue weighted by Gasteiger charge is 2.52. The summed E-state index contributed by atoms with van der Waals surface area (Å²) in [7, 11) is 0. The molecule has 1 saturated carbocycles. The number of nitrogens with two attached hydrogens (primary N) is 1. The maximum Gasteiger partial charge on any atom is 0.290 e. The lowest BCUT2D eigenvalue weighted by molar-refractivity contribution is -0.148. The van der Waals surface area contributed by atoms with E-state index in [1.165, 1.54) is 12.8 Å². The second kappa shape index (κ2) is 9.93. The summed E-state index contributed by atoms with van der Waals surface area (Å²) in [5.41, 5.74) is 5.49. The maximum atomic E-state index is 13.2. The monoisotopic (exact) mass is 417 g/mol. The summed E-state index contributed by atoms with van der Waals surface area (Å²) in [6.07, 6.45) is 7.50. The minimum Gasteiger partial charge on any atom is -0.494 e. The van der Waals surface area contributed by atoms with Gasteiger partial charge in [-0.05, 0) is 75.8 Å². The van der Waals surface area contributed by atoms with Gasteiger partial charge in [-0.1, -0.05) is 0 Å². The van der Waals surface area contributed by atoms with Crippen molar-refractivity contribution in [2.75, 3.05) is 26.2 Å². The van der Waals surface area contributed by atoms with Crippen LogP contribution < -0.4 is 10.5 Å². The predicted molar refractivity (Wildman–Crippen MR) is 111 cm³/mol. The van der Waals surface area contributed by atoms with Crippen LogP contribution in [0.1, 0.15) is 55.3 Å². The number of carboxylic acid groups (broad SMARTS) is 1. The fraction of sp³-hybridized carbons (Fsp3) is 0.591. The summed E-state index contributed by atoms with van der Waals surface area (Å²) in [5.74, 6) is 0.694. The number of nitrogens with zero attached hydrogens (tertiary/aromatic N) is 2. The van der Waals surface area contributed by atoms with Gasteiger partial charge in [-0.15, -0.1) is 0 Å². The molecule has 164 valence electrons. The van der Waals surface area contributed by atoms with E-state index in [1.807, 2.05) is 0 Å². The van der Waals surface area contributed by atoms with Crippen LogP contribution in [0.2, 0.25) is 0 Å². The maximum absolute atomic E-state index is 13.2. The highest BCUT2D eigenvalue weighted by atomic mass is 16.5. The number of amides is 2. The summed E-state index contributed by atoms with van der Waals surface area (Å²) in [4.78, 5) is 37.3. The minimum absolute atomic E-state index is 0.246. The van der Waals surface area contributed by atoms with Crippen LogP contribution in [0.4, 0.5) is 0 Å². The molecule has 30 heavy (non-hydrogen) atoms. The molecule has 1 unspecified atom stereocenters. The third-order valence-corrected chi connectivity index (χ3v) is 6.24. The molecule has 0 bridgehead atoms. The van der Waals surface area contributed by atoms with E-state index >= 15 is 0 Å². The van der Waals surface area contributed by atoms with Gasteiger partial charge in [0.2, 0.25) is 11.8 Å². The van der Waals surface area contributed by atoms with Crippen molar-refractivity contribution >= 4 is 18.3 Å². The lowest BCUT2D eigenvalue weighted by Gasteiger charge is -2.45. The number of hydrogen-bond acceptors (Lipinski definition) is 5. The first-order chi connectivity index (χ1) is 14.5. The van der Waals surface area contributed by atoms with Crippen LogP contribution in [0, 0.1) is 0 Å². The summed E-state index contributed by atoms with van der Waals surface area (Å²) >= 11 is 0. The van der Waals surface area contributed by atoms with E-state index in [2.05, 4.69) is 9.80 Å². The first-order valence-corrected chi connectivity index (χ1v) is 10.7. The zero-order chi connectivity index (χ0) is 21.6. The van der Waals surface area contributed by atoms with E-state index in [0.29, 0.717) is 24.1 Å². The molecule has 2 heterocycles. The molecule has 8 nitrogen and oxygen atoms in total. The van der Waals surface area contributed by atoms with E-state index in [1.54, 1.807) is 24.3 Å². The zero-order valence-corrected chi connectivity index (χ0v) is 17.3. The van der Waals surface area contributed by atoms with Gasteiger partial charge in [0.05, 0.1) is 6.61 Å². The number of ether oxygens (including phenoxy) is 1. The Labute approximate surface area is 177 Å². The number of rotatable bonds is 7. The Kier molecular flexibility index (Phi) is 7.31. The smallest absolute Gasteiger partial charge is 0.290 e. The Balaban J connectivity index is 0.000000806. The van der Waals surface area contributed by atoms with E-state index in [0.717, 1.165) is 57.5 Å². The van der Waals surface area contributed by atoms with Crippen molar-refractivity contribution in [1.82, 2.24) is 9.80 Å². The summed E-state index contributed by atoms with van der Waals surface area (Å²) in [6, 6.07) is 7.43. The lowest BCUT2D eigenvalue weighted by Crippen LogP contribution is -2.60. The number of benzene rings is 1. The third kappa shape index (κ3) is 4.92. The van der Waals surface area contributed by atoms with Gasteiger partial charge in [0, 0.05) is 24.7 Å². The molecule has 1 atom stereocenters. The molecular formula is C22H31N3O5. The molecule has 1 aromatic rings. The Morgan fingerprint density at radius 1 is 1.20 bits per heavy atom. The van der Waals surface area contributed by atoms with E-state index < -0.39 is 5.91 Å².